The zero-order valence-electron chi connectivity index (χ0n) is 4.03. The maximum absolute atomic E-state index is 4.91. The Morgan fingerprint density at radius 1 is 1.43 bits per heavy atom. The van der Waals surface area contributed by atoms with Gasteiger partial charge in [0.25, 0.3) is 0 Å². The fourth-order valence-corrected chi connectivity index (χ4v) is 0. The van der Waals surface area contributed by atoms with Gasteiger partial charge in [-0.15, -0.1) is 6.58 Å². The molecule has 0 unspecified atom stereocenters. The molecule has 0 radical (unpaired) electrons. The third-order valence-corrected chi connectivity index (χ3v) is 0.167. The van der Waals surface area contributed by atoms with E-state index in [2.05, 4.69) is 6.58 Å². The zero-order valence-corrected chi connectivity index (χ0v) is 8.62. The number of halogens is 2. The minimum absolute atomic E-state index is 0. The molecule has 0 heterocycles. The first kappa shape index (κ1) is 23.7. The van der Waals surface area contributed by atoms with Crippen molar-refractivity contribution >= 4 is 23.1 Å². The van der Waals surface area contributed by atoms with Crippen LogP contribution < -0.4 is 39.7 Å². The fraction of sp³-hybridized carbons (Fsp3) is 0.333. The van der Waals surface area contributed by atoms with Crippen molar-refractivity contribution < 1.29 is 34.0 Å². The molecule has 0 aromatic heterocycles. The van der Waals surface area contributed by atoms with Crippen molar-refractivity contribution in [3.8, 4) is 0 Å². The standard InChI is InChI=1S/C3H7N.2BrH.Mg/c1-2-3-4;;;/h2H,1,3-4H2;2*1H;/q;;;+2/p-2. The Labute approximate surface area is 81.4 Å². The molecule has 40 valence electrons. The Balaban J connectivity index is -0.0000000150. The van der Waals surface area contributed by atoms with Crippen LogP contribution in [-0.4, -0.2) is 29.6 Å². The van der Waals surface area contributed by atoms with E-state index in [-0.39, 0.29) is 57.0 Å². The summed E-state index contributed by atoms with van der Waals surface area (Å²) in [6.07, 6.45) is 1.65. The van der Waals surface area contributed by atoms with Crippen LogP contribution >= 0.6 is 0 Å². The molecule has 0 spiro atoms. The van der Waals surface area contributed by atoms with Crippen molar-refractivity contribution in [2.45, 2.75) is 0 Å². The monoisotopic (exact) mass is 239 g/mol. The summed E-state index contributed by atoms with van der Waals surface area (Å²) in [6.45, 7) is 3.94. The maximum Gasteiger partial charge on any atom is 2.00 e. The van der Waals surface area contributed by atoms with Crippen LogP contribution in [0.4, 0.5) is 0 Å². The molecule has 0 rings (SSSR count). The summed E-state index contributed by atoms with van der Waals surface area (Å²) >= 11 is 0. The largest absolute Gasteiger partial charge is 2.00 e. The third kappa shape index (κ3) is 37.1. The molecule has 0 fully saturated rings. The van der Waals surface area contributed by atoms with Crippen LogP contribution in [-0.2, 0) is 0 Å². The second-order valence-electron chi connectivity index (χ2n) is 0.524. The van der Waals surface area contributed by atoms with Gasteiger partial charge in [0.15, 0.2) is 0 Å². The Hall–Kier alpha value is 1.43. The summed E-state index contributed by atoms with van der Waals surface area (Å²) < 4.78 is 0. The Morgan fingerprint density at radius 3 is 1.57 bits per heavy atom. The second-order valence-corrected chi connectivity index (χ2v) is 0.524. The van der Waals surface area contributed by atoms with Crippen LogP contribution in [0.1, 0.15) is 0 Å². The average Bonchev–Trinajstić information content (AvgIpc) is 1.37. The van der Waals surface area contributed by atoms with Gasteiger partial charge in [0.1, 0.15) is 0 Å². The van der Waals surface area contributed by atoms with Crippen LogP contribution in [0.3, 0.4) is 0 Å². The van der Waals surface area contributed by atoms with E-state index >= 15 is 0 Å². The maximum atomic E-state index is 4.91. The Morgan fingerprint density at radius 2 is 1.57 bits per heavy atom. The second kappa shape index (κ2) is 26.1. The van der Waals surface area contributed by atoms with Gasteiger partial charge in [0, 0.05) is 6.54 Å². The minimum atomic E-state index is 0. The van der Waals surface area contributed by atoms with Crippen LogP contribution in [0, 0.1) is 0 Å². The molecule has 0 atom stereocenters. The van der Waals surface area contributed by atoms with Gasteiger partial charge in [-0.05, 0) is 0 Å². The molecular weight excluding hydrogens is 234 g/mol. The van der Waals surface area contributed by atoms with E-state index in [1.54, 1.807) is 6.08 Å². The first-order chi connectivity index (χ1) is 1.91. The molecule has 0 aliphatic rings. The van der Waals surface area contributed by atoms with Crippen molar-refractivity contribution in [1.29, 1.82) is 0 Å². The van der Waals surface area contributed by atoms with E-state index in [0.717, 1.165) is 0 Å². The van der Waals surface area contributed by atoms with Crippen LogP contribution in [0.2, 0.25) is 0 Å². The summed E-state index contributed by atoms with van der Waals surface area (Å²) in [5, 5.41) is 0. The van der Waals surface area contributed by atoms with E-state index in [1.165, 1.54) is 0 Å². The van der Waals surface area contributed by atoms with Gasteiger partial charge in [0.05, 0.1) is 0 Å². The Kier molecular flexibility index (Phi) is 88.5. The third-order valence-electron chi connectivity index (χ3n) is 0.167. The molecule has 0 bridgehead atoms. The van der Waals surface area contributed by atoms with E-state index < -0.39 is 0 Å². The SMILES string of the molecule is C=CCN.[Br-].[Br-].[Mg+2]. The first-order valence-electron chi connectivity index (χ1n) is 1.22. The fourth-order valence-electron chi connectivity index (χ4n) is 0. The van der Waals surface area contributed by atoms with Crippen LogP contribution in [0.5, 0.6) is 0 Å². The molecule has 0 amide bonds. The molecule has 7 heavy (non-hydrogen) atoms. The molecule has 0 aromatic carbocycles. The molecule has 0 aliphatic heterocycles. The van der Waals surface area contributed by atoms with Gasteiger partial charge in [0.2, 0.25) is 0 Å². The molecule has 0 saturated carbocycles. The summed E-state index contributed by atoms with van der Waals surface area (Å²) in [5.41, 5.74) is 4.91. The van der Waals surface area contributed by atoms with Crippen molar-refractivity contribution in [1.82, 2.24) is 0 Å². The van der Waals surface area contributed by atoms with E-state index in [9.17, 15) is 0 Å². The molecule has 2 N–H and O–H groups in total. The number of nitrogens with two attached hydrogens (primary N) is 1. The van der Waals surface area contributed by atoms with Gasteiger partial charge in [-0.1, -0.05) is 6.08 Å². The average molecular weight is 241 g/mol. The molecule has 4 heteroatoms. The van der Waals surface area contributed by atoms with Gasteiger partial charge in [-0.3, -0.25) is 0 Å². The zero-order chi connectivity index (χ0) is 3.41. The number of hydrogen-bond donors (Lipinski definition) is 1. The van der Waals surface area contributed by atoms with E-state index in [4.69, 9.17) is 5.73 Å². The summed E-state index contributed by atoms with van der Waals surface area (Å²) in [7, 11) is 0. The molecule has 0 saturated heterocycles. The van der Waals surface area contributed by atoms with Crippen LogP contribution in [0.25, 0.3) is 0 Å². The molecule has 1 nitrogen and oxygen atoms in total. The topological polar surface area (TPSA) is 26.0 Å². The van der Waals surface area contributed by atoms with Crippen molar-refractivity contribution in [3.05, 3.63) is 12.7 Å². The predicted octanol–water partition coefficient (Wildman–Crippen LogP) is -6.24. The quantitative estimate of drug-likeness (QED) is 0.359. The normalized spacial score (nSPS) is 3.57. The summed E-state index contributed by atoms with van der Waals surface area (Å²) in [5.74, 6) is 0. The Bertz CT molecular complexity index is 26.9. The molecule has 0 aromatic rings. The van der Waals surface area contributed by atoms with E-state index in [1.807, 2.05) is 0 Å². The van der Waals surface area contributed by atoms with Crippen molar-refractivity contribution in [2.24, 2.45) is 5.73 Å². The smallest absolute Gasteiger partial charge is 1.00 e. The van der Waals surface area contributed by atoms with Crippen LogP contribution in [0.15, 0.2) is 12.7 Å². The van der Waals surface area contributed by atoms with Gasteiger partial charge >= 0.3 is 23.1 Å². The van der Waals surface area contributed by atoms with Crippen molar-refractivity contribution in [3.63, 3.8) is 0 Å². The number of rotatable bonds is 1. The minimum Gasteiger partial charge on any atom is -1.00 e. The predicted molar refractivity (Wildman–Crippen MR) is 25.0 cm³/mol. The van der Waals surface area contributed by atoms with Gasteiger partial charge in [-0.2, -0.15) is 0 Å². The van der Waals surface area contributed by atoms with E-state index in [0.29, 0.717) is 6.54 Å². The first-order valence-corrected chi connectivity index (χ1v) is 1.22. The number of hydrogen-bond acceptors (Lipinski definition) is 1. The summed E-state index contributed by atoms with van der Waals surface area (Å²) in [6, 6.07) is 0. The summed E-state index contributed by atoms with van der Waals surface area (Å²) in [4.78, 5) is 0. The van der Waals surface area contributed by atoms with Gasteiger partial charge < -0.3 is 39.7 Å². The van der Waals surface area contributed by atoms with Crippen molar-refractivity contribution in [2.75, 3.05) is 6.54 Å². The molecule has 0 aliphatic carbocycles. The van der Waals surface area contributed by atoms with Gasteiger partial charge in [-0.25, -0.2) is 0 Å². The molecular formula is C3H7Br2MgN.